The second-order valence-electron chi connectivity index (χ2n) is 4.68. The number of carbonyl (C=O) groups is 2. The topological polar surface area (TPSA) is 99.5 Å². The second kappa shape index (κ2) is 5.21. The van der Waals surface area contributed by atoms with Crippen molar-refractivity contribution in [2.24, 2.45) is 7.05 Å². The number of halogens is 1. The lowest BCUT2D eigenvalue weighted by Crippen LogP contribution is -2.42. The molecule has 1 fully saturated rings. The Morgan fingerprint density at radius 1 is 1.29 bits per heavy atom. The summed E-state index contributed by atoms with van der Waals surface area (Å²) in [6, 6.07) is 0. The number of ether oxygens (including phenoxy) is 2. The van der Waals surface area contributed by atoms with Crippen LogP contribution in [0.1, 0.15) is 13.8 Å². The van der Waals surface area contributed by atoms with E-state index in [1.54, 1.807) is 0 Å². The molecule has 0 amide bonds. The fraction of sp³-hybridized carbons (Fsp3) is 0.333. The number of aromatic nitrogens is 2. The van der Waals surface area contributed by atoms with Crippen LogP contribution in [0, 0.1) is 0 Å². The zero-order chi connectivity index (χ0) is 15.8. The maximum Gasteiger partial charge on any atom is 0.350 e. The summed E-state index contributed by atoms with van der Waals surface area (Å²) in [6.45, 7) is 2.88. The highest BCUT2D eigenvalue weighted by molar-refractivity contribution is 6.33. The van der Waals surface area contributed by atoms with Crippen LogP contribution in [0.25, 0.3) is 0 Å². The summed E-state index contributed by atoms with van der Waals surface area (Å²) >= 11 is 5.84. The van der Waals surface area contributed by atoms with Gasteiger partial charge in [0.1, 0.15) is 5.02 Å². The third-order valence-corrected chi connectivity index (χ3v) is 2.93. The van der Waals surface area contributed by atoms with Gasteiger partial charge in [0.2, 0.25) is 0 Å². The molecule has 0 radical (unpaired) electrons. The maximum atomic E-state index is 11.7. The van der Waals surface area contributed by atoms with E-state index in [4.69, 9.17) is 21.1 Å². The molecule has 0 bridgehead atoms. The van der Waals surface area contributed by atoms with Crippen LogP contribution in [-0.2, 0) is 26.1 Å². The largest absolute Gasteiger partial charge is 0.419 e. The van der Waals surface area contributed by atoms with E-state index in [9.17, 15) is 14.4 Å². The van der Waals surface area contributed by atoms with Crippen LogP contribution in [0.15, 0.2) is 22.8 Å². The smallest absolute Gasteiger partial charge is 0.350 e. The Balaban J connectivity index is 2.26. The molecule has 1 aromatic rings. The Morgan fingerprint density at radius 3 is 2.43 bits per heavy atom. The lowest BCUT2D eigenvalue weighted by Gasteiger charge is -2.29. The number of aryl methyl sites for hydroxylation is 1. The monoisotopic (exact) mass is 313 g/mol. The summed E-state index contributed by atoms with van der Waals surface area (Å²) in [4.78, 5) is 35.0. The Kier molecular flexibility index (Phi) is 3.73. The fourth-order valence-electron chi connectivity index (χ4n) is 1.54. The molecule has 112 valence electrons. The van der Waals surface area contributed by atoms with E-state index in [0.29, 0.717) is 0 Å². The highest BCUT2D eigenvalue weighted by Gasteiger charge is 2.38. The maximum absolute atomic E-state index is 11.7. The van der Waals surface area contributed by atoms with Crippen molar-refractivity contribution in [1.82, 2.24) is 9.78 Å². The van der Waals surface area contributed by atoms with Crippen LogP contribution in [0.3, 0.4) is 0 Å². The minimum Gasteiger partial charge on any atom is -0.419 e. The van der Waals surface area contributed by atoms with E-state index in [0.717, 1.165) is 10.9 Å². The number of rotatable bonds is 2. The van der Waals surface area contributed by atoms with Gasteiger partial charge in [0.25, 0.3) is 11.3 Å². The first kappa shape index (κ1) is 15.0. The first-order chi connectivity index (χ1) is 9.71. The minimum atomic E-state index is -1.31. The SMILES string of the molecule is Cn1ncc(NC=C2C(=O)OC(C)(C)OC2=O)c(Cl)c1=O. The summed E-state index contributed by atoms with van der Waals surface area (Å²) in [7, 11) is 1.44. The van der Waals surface area contributed by atoms with E-state index in [2.05, 4.69) is 10.4 Å². The van der Waals surface area contributed by atoms with Gasteiger partial charge < -0.3 is 14.8 Å². The molecule has 0 unspecified atom stereocenters. The number of nitrogens with one attached hydrogen (secondary N) is 1. The first-order valence-corrected chi connectivity index (χ1v) is 6.24. The van der Waals surface area contributed by atoms with Gasteiger partial charge in [-0.25, -0.2) is 14.3 Å². The predicted molar refractivity (Wildman–Crippen MR) is 72.5 cm³/mol. The van der Waals surface area contributed by atoms with Gasteiger partial charge >= 0.3 is 11.9 Å². The van der Waals surface area contributed by atoms with E-state index < -0.39 is 23.3 Å². The van der Waals surface area contributed by atoms with Crippen LogP contribution in [0.5, 0.6) is 0 Å². The van der Waals surface area contributed by atoms with E-state index in [1.807, 2.05) is 0 Å². The van der Waals surface area contributed by atoms with Crippen LogP contribution in [-0.4, -0.2) is 27.5 Å². The lowest BCUT2D eigenvalue weighted by molar-refractivity contribution is -0.222. The average molecular weight is 314 g/mol. The highest BCUT2D eigenvalue weighted by atomic mass is 35.5. The summed E-state index contributed by atoms with van der Waals surface area (Å²) in [5.41, 5.74) is -0.709. The van der Waals surface area contributed by atoms with Gasteiger partial charge in [-0.3, -0.25) is 4.79 Å². The summed E-state index contributed by atoms with van der Waals surface area (Å²) < 4.78 is 10.9. The zero-order valence-electron chi connectivity index (χ0n) is 11.5. The van der Waals surface area contributed by atoms with Gasteiger partial charge in [0.15, 0.2) is 5.57 Å². The Labute approximate surface area is 124 Å². The molecule has 1 N–H and O–H groups in total. The van der Waals surface area contributed by atoms with Crippen molar-refractivity contribution in [3.8, 4) is 0 Å². The minimum absolute atomic E-state index is 0.123. The third-order valence-electron chi connectivity index (χ3n) is 2.57. The summed E-state index contributed by atoms with van der Waals surface area (Å²) in [6.07, 6.45) is 2.34. The van der Waals surface area contributed by atoms with Gasteiger partial charge in [-0.1, -0.05) is 11.6 Å². The van der Waals surface area contributed by atoms with Gasteiger partial charge in [0, 0.05) is 27.1 Å². The van der Waals surface area contributed by atoms with Crippen LogP contribution < -0.4 is 10.9 Å². The molecule has 1 aromatic heterocycles. The number of hydrogen-bond donors (Lipinski definition) is 1. The molecule has 2 rings (SSSR count). The molecule has 0 atom stereocenters. The van der Waals surface area contributed by atoms with Crippen molar-refractivity contribution in [3.05, 3.63) is 33.3 Å². The van der Waals surface area contributed by atoms with Crippen LogP contribution >= 0.6 is 11.6 Å². The Hall–Kier alpha value is -2.35. The summed E-state index contributed by atoms with van der Waals surface area (Å²) in [5, 5.41) is 6.20. The molecule has 0 aromatic carbocycles. The number of cyclic esters (lactones) is 2. The number of anilines is 1. The standard InChI is InChI=1S/C12H12ClN3O5/c1-12(2)20-10(18)6(11(19)21-12)4-14-7-5-15-16(3)9(17)8(7)13/h4-5,14H,1-3H3. The highest BCUT2D eigenvalue weighted by Crippen LogP contribution is 2.23. The van der Waals surface area contributed by atoms with Gasteiger partial charge in [-0.15, -0.1) is 0 Å². The van der Waals surface area contributed by atoms with Crippen molar-refractivity contribution in [1.29, 1.82) is 0 Å². The quantitative estimate of drug-likeness (QED) is 0.484. The Bertz CT molecular complexity index is 685. The van der Waals surface area contributed by atoms with Crippen LogP contribution in [0.2, 0.25) is 5.02 Å². The molecule has 1 aliphatic rings. The number of nitrogens with zero attached hydrogens (tertiary/aromatic N) is 2. The molecular weight excluding hydrogens is 302 g/mol. The zero-order valence-corrected chi connectivity index (χ0v) is 12.2. The molecule has 9 heteroatoms. The molecule has 0 spiro atoms. The molecule has 1 aliphatic heterocycles. The van der Waals surface area contributed by atoms with Crippen molar-refractivity contribution < 1.29 is 19.1 Å². The van der Waals surface area contributed by atoms with Crippen molar-refractivity contribution in [2.75, 3.05) is 5.32 Å². The third kappa shape index (κ3) is 3.05. The number of carbonyl (C=O) groups excluding carboxylic acids is 2. The first-order valence-electron chi connectivity index (χ1n) is 5.86. The van der Waals surface area contributed by atoms with Gasteiger partial charge in [-0.2, -0.15) is 5.10 Å². The van der Waals surface area contributed by atoms with Crippen molar-refractivity contribution >= 4 is 29.2 Å². The second-order valence-corrected chi connectivity index (χ2v) is 5.06. The van der Waals surface area contributed by atoms with E-state index in [-0.39, 0.29) is 16.3 Å². The molecule has 0 aliphatic carbocycles. The van der Waals surface area contributed by atoms with Crippen molar-refractivity contribution in [2.45, 2.75) is 19.6 Å². The van der Waals surface area contributed by atoms with Crippen molar-refractivity contribution in [3.63, 3.8) is 0 Å². The van der Waals surface area contributed by atoms with Crippen LogP contribution in [0.4, 0.5) is 5.69 Å². The molecule has 8 nitrogen and oxygen atoms in total. The predicted octanol–water partition coefficient (Wildman–Crippen LogP) is 0.566. The lowest BCUT2D eigenvalue weighted by atomic mass is 10.2. The van der Waals surface area contributed by atoms with Gasteiger partial charge in [0.05, 0.1) is 11.9 Å². The van der Waals surface area contributed by atoms with E-state index in [1.165, 1.54) is 27.1 Å². The molecule has 0 saturated carbocycles. The fourth-order valence-corrected chi connectivity index (χ4v) is 1.77. The molecule has 2 heterocycles. The molecule has 1 saturated heterocycles. The number of hydrogen-bond acceptors (Lipinski definition) is 7. The summed E-state index contributed by atoms with van der Waals surface area (Å²) in [5.74, 6) is -2.98. The number of esters is 2. The molecular formula is C12H12ClN3O5. The van der Waals surface area contributed by atoms with E-state index >= 15 is 0 Å². The average Bonchev–Trinajstić information content (AvgIpc) is 2.36. The molecule has 21 heavy (non-hydrogen) atoms. The normalized spacial score (nSPS) is 17.0. The van der Waals surface area contributed by atoms with Gasteiger partial charge in [-0.05, 0) is 0 Å². The Morgan fingerprint density at radius 2 is 1.86 bits per heavy atom.